The molecule has 7 heteroatoms. The van der Waals surface area contributed by atoms with E-state index in [1.807, 2.05) is 0 Å². The lowest BCUT2D eigenvalue weighted by molar-refractivity contribution is -0.148. The third kappa shape index (κ3) is 6.14. The van der Waals surface area contributed by atoms with Crippen LogP contribution in [0.25, 0.3) is 6.08 Å². The van der Waals surface area contributed by atoms with Gasteiger partial charge in [-0.05, 0) is 48.9 Å². The van der Waals surface area contributed by atoms with Gasteiger partial charge in [-0.25, -0.2) is 9.18 Å². The lowest BCUT2D eigenvalue weighted by atomic mass is 10.2. The molecule has 0 radical (unpaired) electrons. The van der Waals surface area contributed by atoms with Gasteiger partial charge in [0.2, 0.25) is 0 Å². The van der Waals surface area contributed by atoms with Gasteiger partial charge in [0.1, 0.15) is 17.3 Å². The van der Waals surface area contributed by atoms with Gasteiger partial charge in [0.15, 0.2) is 6.10 Å². The highest BCUT2D eigenvalue weighted by molar-refractivity contribution is 5.96. The molecule has 0 saturated heterocycles. The molecule has 0 spiro atoms. The summed E-state index contributed by atoms with van der Waals surface area (Å²) >= 11 is 0. The molecule has 142 valence electrons. The largest absolute Gasteiger partial charge is 0.497 e. The van der Waals surface area contributed by atoms with E-state index in [1.54, 1.807) is 18.2 Å². The number of hydrogen-bond donors (Lipinski definition) is 1. The maximum atomic E-state index is 13.1. The van der Waals surface area contributed by atoms with Crippen molar-refractivity contribution in [1.29, 1.82) is 0 Å². The summed E-state index contributed by atoms with van der Waals surface area (Å²) in [5.41, 5.74) is 0.946. The minimum atomic E-state index is -1.05. The maximum Gasteiger partial charge on any atom is 0.331 e. The summed E-state index contributed by atoms with van der Waals surface area (Å²) < 4.78 is 28.5. The molecule has 1 N–H and O–H groups in total. The zero-order chi connectivity index (χ0) is 19.8. The van der Waals surface area contributed by atoms with Crippen LogP contribution in [-0.2, 0) is 14.3 Å². The quantitative estimate of drug-likeness (QED) is 0.595. The number of halogens is 1. The highest BCUT2D eigenvalue weighted by Gasteiger charge is 2.16. The van der Waals surface area contributed by atoms with Gasteiger partial charge in [-0.3, -0.25) is 4.79 Å². The fraction of sp³-hybridized carbons (Fsp3) is 0.200. The van der Waals surface area contributed by atoms with Gasteiger partial charge in [0.05, 0.1) is 14.2 Å². The number of rotatable bonds is 7. The SMILES string of the molecule is COc1cc(/C=C/C(=O)O[C@H](C)C(=O)Nc2cccc(F)c2)cc(OC)c1. The second-order valence-electron chi connectivity index (χ2n) is 5.56. The molecule has 0 heterocycles. The molecular formula is C20H20FNO5. The summed E-state index contributed by atoms with van der Waals surface area (Å²) in [6.45, 7) is 1.43. The Morgan fingerprint density at radius 1 is 1.07 bits per heavy atom. The molecule has 2 rings (SSSR count). The van der Waals surface area contributed by atoms with E-state index in [-0.39, 0.29) is 5.69 Å². The highest BCUT2D eigenvalue weighted by Crippen LogP contribution is 2.23. The third-order valence-corrected chi connectivity index (χ3v) is 3.54. The number of benzene rings is 2. The summed E-state index contributed by atoms with van der Waals surface area (Å²) in [4.78, 5) is 24.0. The Morgan fingerprint density at radius 3 is 2.33 bits per heavy atom. The summed E-state index contributed by atoms with van der Waals surface area (Å²) in [5.74, 6) is -0.589. The Labute approximate surface area is 156 Å². The molecule has 2 aromatic carbocycles. The van der Waals surface area contributed by atoms with Crippen molar-refractivity contribution in [1.82, 2.24) is 0 Å². The number of carbonyl (C=O) groups is 2. The van der Waals surface area contributed by atoms with Gasteiger partial charge < -0.3 is 19.5 Å². The number of carbonyl (C=O) groups excluding carboxylic acids is 2. The molecule has 2 aromatic rings. The first-order valence-corrected chi connectivity index (χ1v) is 8.09. The number of esters is 1. The minimum absolute atomic E-state index is 0.280. The maximum absolute atomic E-state index is 13.1. The van der Waals surface area contributed by atoms with E-state index in [2.05, 4.69) is 5.32 Å². The summed E-state index contributed by atoms with van der Waals surface area (Å²) in [6.07, 6.45) is 1.66. The van der Waals surface area contributed by atoms with Crippen LogP contribution in [0.1, 0.15) is 12.5 Å². The molecule has 6 nitrogen and oxygen atoms in total. The molecule has 1 atom stereocenters. The summed E-state index contributed by atoms with van der Waals surface area (Å²) in [5, 5.41) is 2.48. The van der Waals surface area contributed by atoms with Crippen molar-refractivity contribution in [3.8, 4) is 11.5 Å². The molecule has 0 unspecified atom stereocenters. The topological polar surface area (TPSA) is 73.9 Å². The Balaban J connectivity index is 1.96. The van der Waals surface area contributed by atoms with Crippen molar-refractivity contribution < 1.29 is 28.2 Å². The predicted molar refractivity (Wildman–Crippen MR) is 99.2 cm³/mol. The van der Waals surface area contributed by atoms with Gasteiger partial charge in [-0.1, -0.05) is 6.07 Å². The van der Waals surface area contributed by atoms with Crippen LogP contribution in [-0.4, -0.2) is 32.2 Å². The lowest BCUT2D eigenvalue weighted by Gasteiger charge is -2.12. The van der Waals surface area contributed by atoms with E-state index in [4.69, 9.17) is 14.2 Å². The van der Waals surface area contributed by atoms with Crippen LogP contribution in [0.3, 0.4) is 0 Å². The molecule has 1 amide bonds. The average Bonchev–Trinajstić information content (AvgIpc) is 2.66. The van der Waals surface area contributed by atoms with E-state index < -0.39 is 23.8 Å². The first-order chi connectivity index (χ1) is 12.9. The van der Waals surface area contributed by atoms with Crippen molar-refractivity contribution >= 4 is 23.6 Å². The smallest absolute Gasteiger partial charge is 0.331 e. The van der Waals surface area contributed by atoms with E-state index in [0.717, 1.165) is 0 Å². The van der Waals surface area contributed by atoms with E-state index in [1.165, 1.54) is 57.6 Å². The Bertz CT molecular complexity index is 828. The first-order valence-electron chi connectivity index (χ1n) is 8.09. The van der Waals surface area contributed by atoms with Crippen molar-refractivity contribution in [2.45, 2.75) is 13.0 Å². The molecule has 0 aliphatic carbocycles. The van der Waals surface area contributed by atoms with Gasteiger partial charge in [-0.2, -0.15) is 0 Å². The first kappa shape index (κ1) is 20.0. The molecule has 0 aliphatic rings. The minimum Gasteiger partial charge on any atom is -0.497 e. The molecule has 0 saturated carbocycles. The second-order valence-corrected chi connectivity index (χ2v) is 5.56. The number of nitrogens with one attached hydrogen (secondary N) is 1. The fourth-order valence-electron chi connectivity index (χ4n) is 2.17. The van der Waals surface area contributed by atoms with Gasteiger partial charge in [-0.15, -0.1) is 0 Å². The van der Waals surface area contributed by atoms with Crippen LogP contribution < -0.4 is 14.8 Å². The standard InChI is InChI=1S/C20H20FNO5/c1-13(20(24)22-16-6-4-5-15(21)11-16)27-19(23)8-7-14-9-17(25-2)12-18(10-14)26-3/h4-13H,1-3H3,(H,22,24)/b8-7+/t13-/m1/s1. The monoisotopic (exact) mass is 373 g/mol. The number of ether oxygens (including phenoxy) is 3. The van der Waals surface area contributed by atoms with Crippen LogP contribution in [0.2, 0.25) is 0 Å². The number of methoxy groups -OCH3 is 2. The lowest BCUT2D eigenvalue weighted by Crippen LogP contribution is -2.29. The summed E-state index contributed by atoms with van der Waals surface area (Å²) in [6, 6.07) is 10.6. The third-order valence-electron chi connectivity index (χ3n) is 3.54. The highest BCUT2D eigenvalue weighted by atomic mass is 19.1. The van der Waals surface area contributed by atoms with Gasteiger partial charge in [0.25, 0.3) is 5.91 Å². The molecule has 27 heavy (non-hydrogen) atoms. The predicted octanol–water partition coefficient (Wildman–Crippen LogP) is 3.43. The van der Waals surface area contributed by atoms with Crippen LogP contribution in [0.4, 0.5) is 10.1 Å². The zero-order valence-corrected chi connectivity index (χ0v) is 15.2. The van der Waals surface area contributed by atoms with Crippen LogP contribution in [0, 0.1) is 5.82 Å². The molecule has 0 bridgehead atoms. The van der Waals surface area contributed by atoms with Gasteiger partial charge >= 0.3 is 5.97 Å². The Kier molecular flexibility index (Phi) is 6.93. The van der Waals surface area contributed by atoms with Crippen molar-refractivity contribution in [3.63, 3.8) is 0 Å². The number of anilines is 1. The van der Waals surface area contributed by atoms with Crippen LogP contribution in [0.5, 0.6) is 11.5 Å². The van der Waals surface area contributed by atoms with Crippen molar-refractivity contribution in [2.24, 2.45) is 0 Å². The van der Waals surface area contributed by atoms with Crippen LogP contribution in [0.15, 0.2) is 48.5 Å². The molecular weight excluding hydrogens is 353 g/mol. The fourth-order valence-corrected chi connectivity index (χ4v) is 2.17. The van der Waals surface area contributed by atoms with Crippen molar-refractivity contribution in [3.05, 3.63) is 59.9 Å². The number of hydrogen-bond acceptors (Lipinski definition) is 5. The normalized spacial score (nSPS) is 11.7. The zero-order valence-electron chi connectivity index (χ0n) is 15.2. The van der Waals surface area contributed by atoms with E-state index in [9.17, 15) is 14.0 Å². The Morgan fingerprint density at radius 2 is 1.74 bits per heavy atom. The van der Waals surface area contributed by atoms with Crippen molar-refractivity contribution in [2.75, 3.05) is 19.5 Å². The van der Waals surface area contributed by atoms with Crippen LogP contribution >= 0.6 is 0 Å². The Hall–Kier alpha value is -3.35. The number of amides is 1. The van der Waals surface area contributed by atoms with Gasteiger partial charge in [0, 0.05) is 17.8 Å². The van der Waals surface area contributed by atoms with E-state index >= 15 is 0 Å². The second kappa shape index (κ2) is 9.38. The van der Waals surface area contributed by atoms with E-state index in [0.29, 0.717) is 17.1 Å². The molecule has 0 aromatic heterocycles. The average molecular weight is 373 g/mol. The summed E-state index contributed by atoms with van der Waals surface area (Å²) in [7, 11) is 3.05. The molecule has 0 aliphatic heterocycles. The molecule has 0 fully saturated rings.